The van der Waals surface area contributed by atoms with E-state index >= 15 is 0 Å². The van der Waals surface area contributed by atoms with Crippen molar-refractivity contribution in [1.82, 2.24) is 0 Å². The molecule has 0 saturated carbocycles. The predicted octanol–water partition coefficient (Wildman–Crippen LogP) is 2.86. The summed E-state index contributed by atoms with van der Waals surface area (Å²) in [7, 11) is 0. The van der Waals surface area contributed by atoms with Gasteiger partial charge in [0.1, 0.15) is 5.92 Å². The van der Waals surface area contributed by atoms with Gasteiger partial charge in [0.15, 0.2) is 0 Å². The van der Waals surface area contributed by atoms with Crippen LogP contribution in [0.15, 0.2) is 30.3 Å². The first-order valence-corrected chi connectivity index (χ1v) is 5.70. The molecule has 0 aliphatic carbocycles. The highest BCUT2D eigenvalue weighted by molar-refractivity contribution is 5.26. The van der Waals surface area contributed by atoms with Crippen LogP contribution in [0.3, 0.4) is 0 Å². The molecule has 2 unspecified atom stereocenters. The molecule has 3 nitrogen and oxygen atoms in total. The highest BCUT2D eigenvalue weighted by atomic mass is 16.5. The molecular formula is C14H16N2O. The van der Waals surface area contributed by atoms with Gasteiger partial charge in [-0.15, -0.1) is 0 Å². The first kappa shape index (κ1) is 13.2. The molecule has 1 aromatic rings. The fraction of sp³-hybridized carbons (Fsp3) is 0.429. The second-order valence-corrected chi connectivity index (χ2v) is 3.83. The van der Waals surface area contributed by atoms with Crippen LogP contribution in [-0.4, -0.2) is 12.7 Å². The van der Waals surface area contributed by atoms with Crippen molar-refractivity contribution in [3.63, 3.8) is 0 Å². The van der Waals surface area contributed by atoms with Gasteiger partial charge in [0.2, 0.25) is 0 Å². The molecule has 0 spiro atoms. The number of hydrogen-bond acceptors (Lipinski definition) is 3. The molecule has 0 heterocycles. The second kappa shape index (κ2) is 6.68. The first-order chi connectivity index (χ1) is 8.24. The summed E-state index contributed by atoms with van der Waals surface area (Å²) in [5.41, 5.74) is 0.974. The van der Waals surface area contributed by atoms with Crippen LogP contribution in [0.5, 0.6) is 0 Å². The van der Waals surface area contributed by atoms with Gasteiger partial charge in [0.05, 0.1) is 18.2 Å². The molecule has 17 heavy (non-hydrogen) atoms. The molecule has 0 radical (unpaired) electrons. The highest BCUT2D eigenvalue weighted by Gasteiger charge is 2.28. The lowest BCUT2D eigenvalue weighted by Crippen LogP contribution is -2.25. The summed E-state index contributed by atoms with van der Waals surface area (Å²) in [5.74, 6) is -0.884. The quantitative estimate of drug-likeness (QED) is 0.778. The zero-order valence-electron chi connectivity index (χ0n) is 10.1. The van der Waals surface area contributed by atoms with E-state index in [0.717, 1.165) is 5.56 Å². The van der Waals surface area contributed by atoms with E-state index in [0.29, 0.717) is 6.61 Å². The maximum absolute atomic E-state index is 9.05. The van der Waals surface area contributed by atoms with Gasteiger partial charge in [-0.25, -0.2) is 0 Å². The van der Waals surface area contributed by atoms with Gasteiger partial charge in [0, 0.05) is 12.5 Å². The summed E-state index contributed by atoms with van der Waals surface area (Å²) in [6.45, 7) is 4.39. The highest BCUT2D eigenvalue weighted by Crippen LogP contribution is 2.29. The molecule has 2 atom stereocenters. The Balaban J connectivity index is 3.04. The van der Waals surface area contributed by atoms with Gasteiger partial charge < -0.3 is 4.74 Å². The van der Waals surface area contributed by atoms with Crippen molar-refractivity contribution in [2.75, 3.05) is 6.61 Å². The zero-order valence-corrected chi connectivity index (χ0v) is 10.1. The second-order valence-electron chi connectivity index (χ2n) is 3.83. The topological polar surface area (TPSA) is 56.8 Å². The van der Waals surface area contributed by atoms with Crippen LogP contribution in [-0.2, 0) is 4.74 Å². The van der Waals surface area contributed by atoms with Crippen LogP contribution in [0.1, 0.15) is 25.3 Å². The molecule has 0 amide bonds. The standard InChI is InChI=1S/C14H16N2O/c1-3-17-11(2)14(13(9-15)10-16)12-7-5-4-6-8-12/h4-8,11,13-14H,3H2,1-2H3. The number of benzene rings is 1. The molecule has 3 heteroatoms. The summed E-state index contributed by atoms with van der Waals surface area (Å²) >= 11 is 0. The summed E-state index contributed by atoms with van der Waals surface area (Å²) in [4.78, 5) is 0. The van der Waals surface area contributed by atoms with Gasteiger partial charge in [-0.05, 0) is 19.4 Å². The average Bonchev–Trinajstić information content (AvgIpc) is 2.37. The fourth-order valence-corrected chi connectivity index (χ4v) is 1.97. The van der Waals surface area contributed by atoms with Crippen LogP contribution in [0.4, 0.5) is 0 Å². The van der Waals surface area contributed by atoms with E-state index in [2.05, 4.69) is 0 Å². The summed E-state index contributed by atoms with van der Waals surface area (Å²) in [6, 6.07) is 13.7. The third-order valence-electron chi connectivity index (χ3n) is 2.76. The van der Waals surface area contributed by atoms with Gasteiger partial charge in [-0.1, -0.05) is 30.3 Å². The summed E-state index contributed by atoms with van der Waals surface area (Å²) in [6.07, 6.45) is -0.147. The molecule has 0 bridgehead atoms. The zero-order chi connectivity index (χ0) is 12.7. The van der Waals surface area contributed by atoms with Crippen molar-refractivity contribution in [2.24, 2.45) is 5.92 Å². The van der Waals surface area contributed by atoms with E-state index in [9.17, 15) is 0 Å². The smallest absolute Gasteiger partial charge is 0.142 e. The largest absolute Gasteiger partial charge is 0.378 e. The van der Waals surface area contributed by atoms with Gasteiger partial charge in [0.25, 0.3) is 0 Å². The Morgan fingerprint density at radius 2 is 1.76 bits per heavy atom. The Morgan fingerprint density at radius 3 is 2.24 bits per heavy atom. The third kappa shape index (κ3) is 3.31. The monoisotopic (exact) mass is 228 g/mol. The molecule has 0 fully saturated rings. The SMILES string of the molecule is CCOC(C)C(c1ccccc1)C(C#N)C#N. The molecule has 0 aliphatic rings. The minimum atomic E-state index is -0.682. The molecule has 0 aliphatic heterocycles. The lowest BCUT2D eigenvalue weighted by molar-refractivity contribution is 0.0511. The van der Waals surface area contributed by atoms with Crippen LogP contribution in [0, 0.1) is 28.6 Å². The number of nitriles is 2. The number of rotatable bonds is 5. The van der Waals surface area contributed by atoms with E-state index in [1.807, 2.05) is 56.3 Å². The van der Waals surface area contributed by atoms with Gasteiger partial charge in [-0.3, -0.25) is 0 Å². The minimum Gasteiger partial charge on any atom is -0.378 e. The number of hydrogen-bond donors (Lipinski definition) is 0. The van der Waals surface area contributed by atoms with Crippen molar-refractivity contribution in [1.29, 1.82) is 10.5 Å². The van der Waals surface area contributed by atoms with Gasteiger partial charge in [-0.2, -0.15) is 10.5 Å². The minimum absolute atomic E-state index is 0.147. The Labute approximate surface area is 102 Å². The van der Waals surface area contributed by atoms with Crippen molar-refractivity contribution < 1.29 is 4.74 Å². The lowest BCUT2D eigenvalue weighted by atomic mass is 9.84. The van der Waals surface area contributed by atoms with Crippen LogP contribution in [0.25, 0.3) is 0 Å². The van der Waals surface area contributed by atoms with E-state index in [1.54, 1.807) is 0 Å². The van der Waals surface area contributed by atoms with Crippen LogP contribution >= 0.6 is 0 Å². The maximum Gasteiger partial charge on any atom is 0.142 e. The van der Waals surface area contributed by atoms with Crippen molar-refractivity contribution in [2.45, 2.75) is 25.9 Å². The number of ether oxygens (including phenoxy) is 1. The number of nitrogens with zero attached hydrogens (tertiary/aromatic N) is 2. The Hall–Kier alpha value is -1.84. The Morgan fingerprint density at radius 1 is 1.18 bits per heavy atom. The average molecular weight is 228 g/mol. The molecule has 1 aromatic carbocycles. The van der Waals surface area contributed by atoms with Crippen LogP contribution < -0.4 is 0 Å². The van der Waals surface area contributed by atoms with E-state index in [-0.39, 0.29) is 12.0 Å². The lowest BCUT2D eigenvalue weighted by Gasteiger charge is -2.24. The van der Waals surface area contributed by atoms with Gasteiger partial charge >= 0.3 is 0 Å². The van der Waals surface area contributed by atoms with Crippen molar-refractivity contribution >= 4 is 0 Å². The Kier molecular flexibility index (Phi) is 5.20. The normalized spacial score (nSPS) is 13.7. The maximum atomic E-state index is 9.05. The molecular weight excluding hydrogens is 212 g/mol. The molecule has 1 rings (SSSR count). The molecule has 0 aromatic heterocycles. The van der Waals surface area contributed by atoms with E-state index in [1.165, 1.54) is 0 Å². The summed E-state index contributed by atoms with van der Waals surface area (Å²) in [5, 5.41) is 18.1. The predicted molar refractivity (Wildman–Crippen MR) is 65.0 cm³/mol. The first-order valence-electron chi connectivity index (χ1n) is 5.70. The van der Waals surface area contributed by atoms with Crippen molar-refractivity contribution in [3.8, 4) is 12.1 Å². The molecule has 0 N–H and O–H groups in total. The fourth-order valence-electron chi connectivity index (χ4n) is 1.97. The van der Waals surface area contributed by atoms with Crippen LogP contribution in [0.2, 0.25) is 0 Å². The third-order valence-corrected chi connectivity index (χ3v) is 2.76. The van der Waals surface area contributed by atoms with Crippen molar-refractivity contribution in [3.05, 3.63) is 35.9 Å². The Bertz CT molecular complexity index is 402. The molecule has 88 valence electrons. The van der Waals surface area contributed by atoms with E-state index in [4.69, 9.17) is 15.3 Å². The summed E-state index contributed by atoms with van der Waals surface area (Å²) < 4.78 is 5.54. The van der Waals surface area contributed by atoms with E-state index < -0.39 is 5.92 Å². The molecule has 0 saturated heterocycles.